The molecular weight excluding hydrogens is 233 g/mol. The van der Waals surface area contributed by atoms with Crippen molar-refractivity contribution in [1.82, 2.24) is 0 Å². The highest BCUT2D eigenvalue weighted by Crippen LogP contribution is 2.21. The van der Waals surface area contributed by atoms with E-state index in [1.165, 1.54) is 13.0 Å². The van der Waals surface area contributed by atoms with Gasteiger partial charge >= 0.3 is 0 Å². The molecule has 0 atom stereocenters. The van der Waals surface area contributed by atoms with Gasteiger partial charge in [-0.15, -0.1) is 0 Å². The van der Waals surface area contributed by atoms with Crippen LogP contribution < -0.4 is 4.72 Å². The number of hydrogen-bond acceptors (Lipinski definition) is 3. The van der Waals surface area contributed by atoms with Crippen LogP contribution in [0.5, 0.6) is 0 Å². The predicted octanol–water partition coefficient (Wildman–Crippen LogP) is 1.71. The second-order valence-electron chi connectivity index (χ2n) is 3.58. The summed E-state index contributed by atoms with van der Waals surface area (Å²) in [5, 5.41) is 0. The quantitative estimate of drug-likeness (QED) is 0.824. The number of sulfonamides is 1. The zero-order chi connectivity index (χ0) is 12.5. The predicted molar refractivity (Wildman–Crippen MR) is 59.6 cm³/mol. The summed E-state index contributed by atoms with van der Waals surface area (Å²) in [7, 11) is -3.45. The first-order chi connectivity index (χ1) is 7.20. The summed E-state index contributed by atoms with van der Waals surface area (Å²) in [5.41, 5.74) is 0.596. The number of halogens is 1. The molecule has 0 fully saturated rings. The molecule has 0 unspecified atom stereocenters. The molecule has 1 aromatic carbocycles. The molecule has 1 aromatic rings. The minimum atomic E-state index is -3.45. The first-order valence-electron chi connectivity index (χ1n) is 4.49. The lowest BCUT2D eigenvalue weighted by molar-refractivity contribution is 0.101. The van der Waals surface area contributed by atoms with Crippen molar-refractivity contribution >= 4 is 21.5 Å². The minimum Gasteiger partial charge on any atom is -0.294 e. The summed E-state index contributed by atoms with van der Waals surface area (Å²) in [5.74, 6) is -1.13. The van der Waals surface area contributed by atoms with Gasteiger partial charge in [0.1, 0.15) is 5.82 Å². The molecule has 6 heteroatoms. The molecule has 0 spiro atoms. The van der Waals surface area contributed by atoms with Crippen LogP contribution in [0, 0.1) is 12.7 Å². The third-order valence-electron chi connectivity index (χ3n) is 1.99. The molecule has 0 aromatic heterocycles. The Balaban J connectivity index is 3.26. The second-order valence-corrected chi connectivity index (χ2v) is 5.33. The first kappa shape index (κ1) is 12.6. The van der Waals surface area contributed by atoms with Gasteiger partial charge in [-0.25, -0.2) is 12.8 Å². The number of anilines is 1. The fraction of sp³-hybridized carbons (Fsp3) is 0.300. The monoisotopic (exact) mass is 245 g/mol. The van der Waals surface area contributed by atoms with Crippen LogP contribution in [0.1, 0.15) is 22.8 Å². The Labute approximate surface area is 93.5 Å². The number of hydrogen-bond donors (Lipinski definition) is 1. The van der Waals surface area contributed by atoms with Crippen LogP contribution in [-0.4, -0.2) is 20.5 Å². The number of rotatable bonds is 3. The number of benzene rings is 1. The molecular formula is C10H12FNO3S. The fourth-order valence-electron chi connectivity index (χ4n) is 1.26. The average molecular weight is 245 g/mol. The van der Waals surface area contributed by atoms with Crippen LogP contribution in [0.3, 0.4) is 0 Å². The summed E-state index contributed by atoms with van der Waals surface area (Å²) in [4.78, 5) is 11.0. The van der Waals surface area contributed by atoms with Gasteiger partial charge in [0.05, 0.1) is 17.5 Å². The number of ketones is 1. The molecule has 1 N–H and O–H groups in total. The first-order valence-corrected chi connectivity index (χ1v) is 6.38. The standard InChI is InChI=1S/C10H12FNO3S/c1-6-4-8(7(2)13)9(11)5-10(6)12-16(3,14)15/h4-5,12H,1-3H3. The van der Waals surface area contributed by atoms with E-state index in [0.717, 1.165) is 12.3 Å². The smallest absolute Gasteiger partial charge is 0.229 e. The largest absolute Gasteiger partial charge is 0.294 e. The minimum absolute atomic E-state index is 0.0449. The third-order valence-corrected chi connectivity index (χ3v) is 2.58. The third kappa shape index (κ3) is 3.03. The molecule has 0 aliphatic heterocycles. The van der Waals surface area contributed by atoms with E-state index < -0.39 is 21.6 Å². The van der Waals surface area contributed by atoms with Crippen LogP contribution in [0.15, 0.2) is 12.1 Å². The van der Waals surface area contributed by atoms with E-state index in [4.69, 9.17) is 0 Å². The Kier molecular flexibility index (Phi) is 3.32. The van der Waals surface area contributed by atoms with Crippen LogP contribution >= 0.6 is 0 Å². The molecule has 0 aliphatic carbocycles. The Morgan fingerprint density at radius 1 is 1.38 bits per heavy atom. The van der Waals surface area contributed by atoms with Crippen molar-refractivity contribution in [3.8, 4) is 0 Å². The maximum absolute atomic E-state index is 13.4. The lowest BCUT2D eigenvalue weighted by atomic mass is 10.1. The average Bonchev–Trinajstić information content (AvgIpc) is 2.07. The number of Topliss-reactive ketones (excluding diaryl/α,β-unsaturated/α-hetero) is 1. The summed E-state index contributed by atoms with van der Waals surface area (Å²) >= 11 is 0. The molecule has 0 amide bonds. The van der Waals surface area contributed by atoms with Gasteiger partial charge in [-0.05, 0) is 31.5 Å². The van der Waals surface area contributed by atoms with E-state index in [2.05, 4.69) is 4.72 Å². The van der Waals surface area contributed by atoms with E-state index in [9.17, 15) is 17.6 Å². The van der Waals surface area contributed by atoms with Crippen LogP contribution in [0.2, 0.25) is 0 Å². The molecule has 0 bridgehead atoms. The van der Waals surface area contributed by atoms with Gasteiger partial charge in [-0.2, -0.15) is 0 Å². The molecule has 4 nitrogen and oxygen atoms in total. The summed E-state index contributed by atoms with van der Waals surface area (Å²) < 4.78 is 37.5. The van der Waals surface area contributed by atoms with Crippen LogP contribution in [0.25, 0.3) is 0 Å². The highest BCUT2D eigenvalue weighted by molar-refractivity contribution is 7.92. The van der Waals surface area contributed by atoms with Crippen molar-refractivity contribution in [2.75, 3.05) is 11.0 Å². The highest BCUT2D eigenvalue weighted by Gasteiger charge is 2.12. The summed E-state index contributed by atoms with van der Waals surface area (Å²) in [6.45, 7) is 2.85. The van der Waals surface area contributed by atoms with Gasteiger partial charge < -0.3 is 0 Å². The highest BCUT2D eigenvalue weighted by atomic mass is 32.2. The van der Waals surface area contributed by atoms with Crippen molar-refractivity contribution in [2.24, 2.45) is 0 Å². The second kappa shape index (κ2) is 4.21. The maximum Gasteiger partial charge on any atom is 0.229 e. The van der Waals surface area contributed by atoms with E-state index in [-0.39, 0.29) is 11.3 Å². The van der Waals surface area contributed by atoms with Gasteiger partial charge in [0.25, 0.3) is 0 Å². The summed E-state index contributed by atoms with van der Waals surface area (Å²) in [6.07, 6.45) is 0.975. The van der Waals surface area contributed by atoms with Crippen molar-refractivity contribution in [2.45, 2.75) is 13.8 Å². The fourth-order valence-corrected chi connectivity index (χ4v) is 1.88. The van der Waals surface area contributed by atoms with Crippen LogP contribution in [0.4, 0.5) is 10.1 Å². The van der Waals surface area contributed by atoms with Crippen molar-refractivity contribution < 1.29 is 17.6 Å². The molecule has 0 aliphatic rings. The van der Waals surface area contributed by atoms with E-state index in [1.54, 1.807) is 6.92 Å². The Bertz CT molecular complexity index is 537. The SMILES string of the molecule is CC(=O)c1cc(C)c(NS(C)(=O)=O)cc1F. The zero-order valence-electron chi connectivity index (χ0n) is 9.17. The normalized spacial score (nSPS) is 11.2. The molecule has 0 radical (unpaired) electrons. The van der Waals surface area contributed by atoms with E-state index >= 15 is 0 Å². The van der Waals surface area contributed by atoms with Crippen molar-refractivity contribution in [3.05, 3.63) is 29.1 Å². The molecule has 0 heterocycles. The number of carbonyl (C=O) groups excluding carboxylic acids is 1. The Hall–Kier alpha value is -1.43. The van der Waals surface area contributed by atoms with Crippen LogP contribution in [-0.2, 0) is 10.0 Å². The molecule has 0 saturated heterocycles. The maximum atomic E-state index is 13.4. The van der Waals surface area contributed by atoms with Gasteiger partial charge in [0.15, 0.2) is 5.78 Å². The molecule has 16 heavy (non-hydrogen) atoms. The zero-order valence-corrected chi connectivity index (χ0v) is 9.98. The molecule has 1 rings (SSSR count). The lowest BCUT2D eigenvalue weighted by Crippen LogP contribution is -2.11. The van der Waals surface area contributed by atoms with Gasteiger partial charge in [0.2, 0.25) is 10.0 Å². The topological polar surface area (TPSA) is 63.2 Å². The molecule has 0 saturated carbocycles. The number of carbonyl (C=O) groups is 1. The van der Waals surface area contributed by atoms with Crippen molar-refractivity contribution in [1.29, 1.82) is 0 Å². The molecule has 88 valence electrons. The van der Waals surface area contributed by atoms with Gasteiger partial charge in [-0.1, -0.05) is 0 Å². The lowest BCUT2D eigenvalue weighted by Gasteiger charge is -2.09. The number of aryl methyl sites for hydroxylation is 1. The number of nitrogens with one attached hydrogen (secondary N) is 1. The van der Waals surface area contributed by atoms with Gasteiger partial charge in [-0.3, -0.25) is 9.52 Å². The van der Waals surface area contributed by atoms with E-state index in [0.29, 0.717) is 5.56 Å². The Morgan fingerprint density at radius 2 is 1.94 bits per heavy atom. The van der Waals surface area contributed by atoms with Crippen molar-refractivity contribution in [3.63, 3.8) is 0 Å². The summed E-state index contributed by atoms with van der Waals surface area (Å²) in [6, 6.07) is 2.33. The Morgan fingerprint density at radius 3 is 2.38 bits per heavy atom. The van der Waals surface area contributed by atoms with E-state index in [1.807, 2.05) is 0 Å². The van der Waals surface area contributed by atoms with Gasteiger partial charge in [0, 0.05) is 0 Å².